The maximum Gasteiger partial charge on any atom is 0.279 e. The predicted octanol–water partition coefficient (Wildman–Crippen LogP) is 3.78. The molecule has 0 saturated heterocycles. The van der Waals surface area contributed by atoms with Crippen molar-refractivity contribution >= 4 is 23.5 Å². The number of phenolic OH excluding ortho intramolecular Hbond substituents is 1. The molecule has 4 rings (SSSR count). The molecule has 1 aliphatic heterocycles. The Hall–Kier alpha value is -4.13. The van der Waals surface area contributed by atoms with Crippen molar-refractivity contribution in [1.29, 1.82) is 0 Å². The van der Waals surface area contributed by atoms with Gasteiger partial charge in [0, 0.05) is 11.1 Å². The molecule has 0 saturated carbocycles. The minimum atomic E-state index is -0.205. The molecule has 0 radical (unpaired) electrons. The monoisotopic (exact) mass is 415 g/mol. The number of nitrogens with zero attached hydrogens (tertiary/aromatic N) is 3. The van der Waals surface area contributed by atoms with E-state index in [0.29, 0.717) is 12.1 Å². The largest absolute Gasteiger partial charge is 0.502 e. The smallest absolute Gasteiger partial charge is 0.279 e. The maximum atomic E-state index is 13.1. The van der Waals surface area contributed by atoms with Gasteiger partial charge in [-0.1, -0.05) is 48.5 Å². The number of aromatic hydroxyl groups is 1. The molecule has 3 aromatic rings. The van der Waals surface area contributed by atoms with Crippen molar-refractivity contribution in [3.05, 3.63) is 83.4 Å². The lowest BCUT2D eigenvalue weighted by Gasteiger charge is -2.16. The van der Waals surface area contributed by atoms with Crippen LogP contribution in [0, 0.1) is 0 Å². The summed E-state index contributed by atoms with van der Waals surface area (Å²) >= 11 is 0. The molecule has 3 aromatic carbocycles. The van der Waals surface area contributed by atoms with E-state index in [1.165, 1.54) is 20.4 Å². The number of carbonyl (C=O) groups excluding carboxylic acids is 1. The van der Waals surface area contributed by atoms with E-state index >= 15 is 0 Å². The van der Waals surface area contributed by atoms with Crippen molar-refractivity contribution in [2.24, 2.45) is 10.2 Å². The summed E-state index contributed by atoms with van der Waals surface area (Å²) < 4.78 is 10.3. The van der Waals surface area contributed by atoms with Gasteiger partial charge >= 0.3 is 0 Å². The topological polar surface area (TPSA) is 83.7 Å². The van der Waals surface area contributed by atoms with Gasteiger partial charge in [-0.3, -0.25) is 4.79 Å². The number of anilines is 1. The van der Waals surface area contributed by atoms with Crippen LogP contribution in [0.2, 0.25) is 0 Å². The van der Waals surface area contributed by atoms with E-state index < -0.39 is 0 Å². The molecule has 0 atom stereocenters. The number of rotatable bonds is 6. The van der Waals surface area contributed by atoms with Crippen molar-refractivity contribution in [2.75, 3.05) is 19.1 Å². The molecule has 0 aliphatic carbocycles. The minimum absolute atomic E-state index is 0.0927. The molecule has 0 bridgehead atoms. The zero-order valence-electron chi connectivity index (χ0n) is 17.1. The Morgan fingerprint density at radius 3 is 2.29 bits per heavy atom. The molecule has 1 aliphatic rings. The lowest BCUT2D eigenvalue weighted by atomic mass is 10.1. The van der Waals surface area contributed by atoms with E-state index in [4.69, 9.17) is 9.47 Å². The molecule has 1 N–H and O–H groups in total. The molecular formula is C24H21N3O4. The number of phenols is 1. The number of benzene rings is 3. The molecule has 0 fully saturated rings. The number of hydrogen-bond donors (Lipinski definition) is 1. The van der Waals surface area contributed by atoms with Crippen LogP contribution < -0.4 is 14.4 Å². The van der Waals surface area contributed by atoms with E-state index in [0.717, 1.165) is 16.8 Å². The Kier molecular flexibility index (Phi) is 5.66. The number of amides is 1. The molecule has 0 unspecified atom stereocenters. The fraction of sp³-hybridized carbons (Fsp3) is 0.125. The van der Waals surface area contributed by atoms with Gasteiger partial charge in [-0.2, -0.15) is 5.10 Å². The van der Waals surface area contributed by atoms with Crippen LogP contribution in [0.3, 0.4) is 0 Å². The average molecular weight is 415 g/mol. The van der Waals surface area contributed by atoms with Crippen LogP contribution >= 0.6 is 0 Å². The lowest BCUT2D eigenvalue weighted by molar-refractivity contribution is -0.112. The summed E-state index contributed by atoms with van der Waals surface area (Å²) in [6.07, 6.45) is 1.48. The normalized spacial score (nSPS) is 14.3. The van der Waals surface area contributed by atoms with Gasteiger partial charge < -0.3 is 19.5 Å². The Morgan fingerprint density at radius 1 is 0.968 bits per heavy atom. The summed E-state index contributed by atoms with van der Waals surface area (Å²) in [6.45, 7) is 0.450. The molecular weight excluding hydrogens is 394 g/mol. The van der Waals surface area contributed by atoms with Gasteiger partial charge in [0.1, 0.15) is 0 Å². The highest BCUT2D eigenvalue weighted by Crippen LogP contribution is 2.36. The molecule has 7 nitrogen and oxygen atoms in total. The molecule has 1 amide bonds. The summed E-state index contributed by atoms with van der Waals surface area (Å²) in [5, 5.41) is 18.4. The van der Waals surface area contributed by atoms with Gasteiger partial charge in [0.25, 0.3) is 5.91 Å². The Labute approximate surface area is 179 Å². The second kappa shape index (κ2) is 8.71. The SMILES string of the molecule is COc1cc(/C=N/N=C2\C(=O)N(Cc3ccccc3)c3ccccc32)cc(OC)c1O. The highest BCUT2D eigenvalue weighted by molar-refractivity contribution is 6.54. The fourth-order valence-electron chi connectivity index (χ4n) is 3.42. The molecule has 1 heterocycles. The molecule has 7 heteroatoms. The van der Waals surface area contributed by atoms with Crippen molar-refractivity contribution in [3.8, 4) is 17.2 Å². The third-order valence-electron chi connectivity index (χ3n) is 4.95. The minimum Gasteiger partial charge on any atom is -0.502 e. The Balaban J connectivity index is 1.64. The van der Waals surface area contributed by atoms with E-state index in [1.54, 1.807) is 17.0 Å². The number of hydrogen-bond acceptors (Lipinski definition) is 6. The Bertz CT molecular complexity index is 1150. The number of methoxy groups -OCH3 is 2. The second-order valence-corrected chi connectivity index (χ2v) is 6.86. The van der Waals surface area contributed by atoms with Crippen LogP contribution in [0.25, 0.3) is 0 Å². The van der Waals surface area contributed by atoms with Crippen molar-refractivity contribution < 1.29 is 19.4 Å². The first-order valence-electron chi connectivity index (χ1n) is 9.63. The van der Waals surface area contributed by atoms with Crippen molar-refractivity contribution in [3.63, 3.8) is 0 Å². The van der Waals surface area contributed by atoms with Gasteiger partial charge in [0.05, 0.1) is 32.7 Å². The highest BCUT2D eigenvalue weighted by atomic mass is 16.5. The van der Waals surface area contributed by atoms with Gasteiger partial charge in [0.15, 0.2) is 17.2 Å². The van der Waals surface area contributed by atoms with Crippen LogP contribution in [0.15, 0.2) is 76.9 Å². The second-order valence-electron chi connectivity index (χ2n) is 6.86. The summed E-state index contributed by atoms with van der Waals surface area (Å²) in [7, 11) is 2.90. The van der Waals surface area contributed by atoms with E-state index in [-0.39, 0.29) is 28.9 Å². The highest BCUT2D eigenvalue weighted by Gasteiger charge is 2.33. The van der Waals surface area contributed by atoms with E-state index in [2.05, 4.69) is 10.2 Å². The first-order chi connectivity index (χ1) is 15.1. The van der Waals surface area contributed by atoms with Crippen LogP contribution in [-0.2, 0) is 11.3 Å². The molecule has 156 valence electrons. The van der Waals surface area contributed by atoms with Crippen LogP contribution in [0.1, 0.15) is 16.7 Å². The van der Waals surface area contributed by atoms with Gasteiger partial charge in [0.2, 0.25) is 5.75 Å². The zero-order chi connectivity index (χ0) is 21.8. The van der Waals surface area contributed by atoms with Gasteiger partial charge in [-0.15, -0.1) is 5.10 Å². The van der Waals surface area contributed by atoms with Crippen LogP contribution in [0.5, 0.6) is 17.2 Å². The van der Waals surface area contributed by atoms with E-state index in [9.17, 15) is 9.90 Å². The summed E-state index contributed by atoms with van der Waals surface area (Å²) in [6, 6.07) is 20.5. The third-order valence-corrected chi connectivity index (χ3v) is 4.95. The number of fused-ring (bicyclic) bond motifs is 1. The quantitative estimate of drug-likeness (QED) is 0.491. The standard InChI is InChI=1S/C24H21N3O4/c1-30-20-12-17(13-21(31-2)23(20)28)14-25-26-22-18-10-6-7-11-19(18)27(24(22)29)15-16-8-4-3-5-9-16/h3-14,28H,15H2,1-2H3/b25-14+,26-22-. The summed E-state index contributed by atoms with van der Waals surface area (Å²) in [5.74, 6) is 0.211. The summed E-state index contributed by atoms with van der Waals surface area (Å²) in [4.78, 5) is 14.8. The fourth-order valence-corrected chi connectivity index (χ4v) is 3.42. The maximum absolute atomic E-state index is 13.1. The summed E-state index contributed by atoms with van der Waals surface area (Å²) in [5.41, 5.74) is 3.45. The van der Waals surface area contributed by atoms with E-state index in [1.807, 2.05) is 54.6 Å². The zero-order valence-corrected chi connectivity index (χ0v) is 17.1. The number of para-hydroxylation sites is 1. The van der Waals surface area contributed by atoms with Gasteiger partial charge in [-0.25, -0.2) is 0 Å². The first kappa shape index (κ1) is 20.2. The lowest BCUT2D eigenvalue weighted by Crippen LogP contribution is -2.29. The van der Waals surface area contributed by atoms with Crippen molar-refractivity contribution in [1.82, 2.24) is 0 Å². The van der Waals surface area contributed by atoms with Crippen LogP contribution in [-0.4, -0.2) is 37.2 Å². The Morgan fingerprint density at radius 2 is 1.61 bits per heavy atom. The van der Waals surface area contributed by atoms with Crippen molar-refractivity contribution in [2.45, 2.75) is 6.54 Å². The molecule has 31 heavy (non-hydrogen) atoms. The molecule has 0 spiro atoms. The number of carbonyl (C=O) groups is 1. The number of ether oxygens (including phenoxy) is 2. The average Bonchev–Trinajstić information content (AvgIpc) is 3.06. The molecule has 0 aromatic heterocycles. The third kappa shape index (κ3) is 3.98. The first-order valence-corrected chi connectivity index (χ1v) is 9.63. The van der Waals surface area contributed by atoms with Gasteiger partial charge in [-0.05, 0) is 23.8 Å². The van der Waals surface area contributed by atoms with Crippen LogP contribution in [0.4, 0.5) is 5.69 Å². The predicted molar refractivity (Wildman–Crippen MR) is 119 cm³/mol.